The first-order chi connectivity index (χ1) is 10.1. The topological polar surface area (TPSA) is 54.3 Å². The van der Waals surface area contributed by atoms with Crippen LogP contribution in [0.25, 0.3) is 0 Å². The molecule has 4 heteroatoms. The van der Waals surface area contributed by atoms with Gasteiger partial charge in [0.15, 0.2) is 0 Å². The van der Waals surface area contributed by atoms with Crippen LogP contribution in [-0.2, 0) is 17.8 Å². The van der Waals surface area contributed by atoms with Crippen LogP contribution in [0, 0.1) is 0 Å². The molecule has 0 aliphatic rings. The van der Waals surface area contributed by atoms with Crippen LogP contribution in [0.2, 0.25) is 0 Å². The molecule has 1 aromatic carbocycles. The second kappa shape index (κ2) is 7.64. The molecule has 2 N–H and O–H groups in total. The fourth-order valence-corrected chi connectivity index (χ4v) is 2.00. The van der Waals surface area contributed by atoms with E-state index in [1.807, 2.05) is 36.4 Å². The summed E-state index contributed by atoms with van der Waals surface area (Å²) in [6.45, 7) is 5.02. The lowest BCUT2D eigenvalue weighted by Crippen LogP contribution is -2.21. The van der Waals surface area contributed by atoms with E-state index in [1.165, 1.54) is 0 Å². The average Bonchev–Trinajstić information content (AvgIpc) is 2.97. The highest BCUT2D eigenvalue weighted by Crippen LogP contribution is 2.12. The zero-order valence-corrected chi connectivity index (χ0v) is 12.6. The fourth-order valence-electron chi connectivity index (χ4n) is 2.00. The van der Waals surface area contributed by atoms with E-state index >= 15 is 0 Å². The van der Waals surface area contributed by atoms with Crippen molar-refractivity contribution in [2.45, 2.75) is 39.3 Å². The van der Waals surface area contributed by atoms with Gasteiger partial charge in [-0.3, -0.25) is 4.79 Å². The molecular weight excluding hydrogens is 264 g/mol. The summed E-state index contributed by atoms with van der Waals surface area (Å²) in [5, 5.41) is 6.28. The summed E-state index contributed by atoms with van der Waals surface area (Å²) in [5.74, 6) is 0.834. The molecule has 0 spiro atoms. The zero-order valence-electron chi connectivity index (χ0n) is 12.6. The van der Waals surface area contributed by atoms with Crippen molar-refractivity contribution in [1.29, 1.82) is 0 Å². The normalized spacial score (nSPS) is 10.8. The molecule has 0 unspecified atom stereocenters. The molecule has 1 aromatic heterocycles. The van der Waals surface area contributed by atoms with E-state index in [-0.39, 0.29) is 5.91 Å². The van der Waals surface area contributed by atoms with Gasteiger partial charge in [0.1, 0.15) is 5.76 Å². The molecule has 0 saturated carbocycles. The third kappa shape index (κ3) is 5.44. The van der Waals surface area contributed by atoms with E-state index in [2.05, 4.69) is 24.5 Å². The predicted octanol–water partition coefficient (Wildman–Crippen LogP) is 3.35. The highest BCUT2D eigenvalue weighted by atomic mass is 16.3. The molecule has 21 heavy (non-hydrogen) atoms. The Hall–Kier alpha value is -2.07. The van der Waals surface area contributed by atoms with Gasteiger partial charge in [0.05, 0.1) is 6.26 Å². The van der Waals surface area contributed by atoms with Crippen molar-refractivity contribution in [2.75, 3.05) is 5.32 Å². The molecule has 0 bridgehead atoms. The van der Waals surface area contributed by atoms with Crippen LogP contribution in [0.3, 0.4) is 0 Å². The Morgan fingerprint density at radius 1 is 1.24 bits per heavy atom. The number of aryl methyl sites for hydroxylation is 1. The molecule has 0 aliphatic carbocycles. The smallest absolute Gasteiger partial charge is 0.224 e. The lowest BCUT2D eigenvalue weighted by atomic mass is 10.2. The number of anilines is 1. The van der Waals surface area contributed by atoms with E-state index < -0.39 is 0 Å². The number of nitrogens with one attached hydrogen (secondary N) is 2. The van der Waals surface area contributed by atoms with Crippen molar-refractivity contribution in [1.82, 2.24) is 5.32 Å². The lowest BCUT2D eigenvalue weighted by molar-refractivity contribution is -0.116. The van der Waals surface area contributed by atoms with Crippen LogP contribution < -0.4 is 10.6 Å². The number of rotatable bonds is 7. The summed E-state index contributed by atoms with van der Waals surface area (Å²) in [4.78, 5) is 11.9. The Kier molecular flexibility index (Phi) is 5.58. The summed E-state index contributed by atoms with van der Waals surface area (Å²) in [6, 6.07) is 12.1. The molecule has 2 aromatic rings. The number of furan rings is 1. The summed E-state index contributed by atoms with van der Waals surface area (Å²) in [7, 11) is 0. The van der Waals surface area contributed by atoms with Crippen LogP contribution in [0.15, 0.2) is 47.1 Å². The van der Waals surface area contributed by atoms with Gasteiger partial charge in [-0.1, -0.05) is 26.0 Å². The Morgan fingerprint density at radius 2 is 2.10 bits per heavy atom. The largest absolute Gasteiger partial charge is 0.469 e. The zero-order chi connectivity index (χ0) is 15.1. The first-order valence-corrected chi connectivity index (χ1v) is 7.28. The van der Waals surface area contributed by atoms with Crippen LogP contribution in [0.5, 0.6) is 0 Å². The van der Waals surface area contributed by atoms with Crippen LogP contribution in [0.1, 0.15) is 31.6 Å². The quantitative estimate of drug-likeness (QED) is 0.820. The lowest BCUT2D eigenvalue weighted by Gasteiger charge is -2.10. The highest BCUT2D eigenvalue weighted by Gasteiger charge is 2.05. The van der Waals surface area contributed by atoms with Gasteiger partial charge in [-0.2, -0.15) is 0 Å². The molecule has 0 aliphatic heterocycles. The molecule has 112 valence electrons. The van der Waals surface area contributed by atoms with E-state index in [0.29, 0.717) is 18.9 Å². The van der Waals surface area contributed by atoms with E-state index in [0.717, 1.165) is 23.6 Å². The summed E-state index contributed by atoms with van der Waals surface area (Å²) >= 11 is 0. The van der Waals surface area contributed by atoms with Crippen LogP contribution >= 0.6 is 0 Å². The van der Waals surface area contributed by atoms with E-state index in [4.69, 9.17) is 4.42 Å². The number of benzene rings is 1. The van der Waals surface area contributed by atoms with Gasteiger partial charge in [0, 0.05) is 31.1 Å². The molecule has 0 radical (unpaired) electrons. The van der Waals surface area contributed by atoms with Crippen molar-refractivity contribution in [3.05, 3.63) is 54.0 Å². The Bertz CT molecular complexity index is 562. The van der Waals surface area contributed by atoms with E-state index in [1.54, 1.807) is 6.26 Å². The Morgan fingerprint density at radius 3 is 2.81 bits per heavy atom. The Balaban J connectivity index is 1.84. The number of hydrogen-bond donors (Lipinski definition) is 2. The molecule has 0 atom stereocenters. The fraction of sp³-hybridized carbons (Fsp3) is 0.353. The van der Waals surface area contributed by atoms with E-state index in [9.17, 15) is 4.79 Å². The monoisotopic (exact) mass is 286 g/mol. The van der Waals surface area contributed by atoms with Gasteiger partial charge in [-0.05, 0) is 29.8 Å². The van der Waals surface area contributed by atoms with Crippen molar-refractivity contribution < 1.29 is 9.21 Å². The number of carbonyl (C=O) groups excluding carboxylic acids is 1. The van der Waals surface area contributed by atoms with Gasteiger partial charge in [-0.15, -0.1) is 0 Å². The number of carbonyl (C=O) groups is 1. The SMILES string of the molecule is CC(C)NCc1cccc(NC(=O)CCc2ccco2)c1. The van der Waals surface area contributed by atoms with Gasteiger partial charge in [-0.25, -0.2) is 0 Å². The molecule has 4 nitrogen and oxygen atoms in total. The first kappa shape index (κ1) is 15.3. The van der Waals surface area contributed by atoms with Gasteiger partial charge in [0.25, 0.3) is 0 Å². The third-order valence-corrected chi connectivity index (χ3v) is 3.10. The second-order valence-electron chi connectivity index (χ2n) is 5.36. The number of amides is 1. The molecule has 0 saturated heterocycles. The Labute approximate surface area is 125 Å². The van der Waals surface area contributed by atoms with Crippen LogP contribution in [0.4, 0.5) is 5.69 Å². The minimum Gasteiger partial charge on any atom is -0.469 e. The standard InChI is InChI=1S/C17H22N2O2/c1-13(2)18-12-14-5-3-6-15(11-14)19-17(20)9-8-16-7-4-10-21-16/h3-7,10-11,13,18H,8-9,12H2,1-2H3,(H,19,20). The van der Waals surface area contributed by atoms with Crippen molar-refractivity contribution in [2.24, 2.45) is 0 Å². The number of hydrogen-bond acceptors (Lipinski definition) is 3. The first-order valence-electron chi connectivity index (χ1n) is 7.28. The maximum absolute atomic E-state index is 11.9. The van der Waals surface area contributed by atoms with Crippen molar-refractivity contribution in [3.63, 3.8) is 0 Å². The average molecular weight is 286 g/mol. The maximum Gasteiger partial charge on any atom is 0.224 e. The molecule has 1 amide bonds. The summed E-state index contributed by atoms with van der Waals surface area (Å²) in [6.07, 6.45) is 2.66. The summed E-state index contributed by atoms with van der Waals surface area (Å²) in [5.41, 5.74) is 2.00. The van der Waals surface area contributed by atoms with Crippen LogP contribution in [-0.4, -0.2) is 11.9 Å². The summed E-state index contributed by atoms with van der Waals surface area (Å²) < 4.78 is 5.22. The molecule has 1 heterocycles. The second-order valence-corrected chi connectivity index (χ2v) is 5.36. The third-order valence-electron chi connectivity index (χ3n) is 3.10. The van der Waals surface area contributed by atoms with Crippen molar-refractivity contribution in [3.8, 4) is 0 Å². The minimum absolute atomic E-state index is 0.000341. The van der Waals surface area contributed by atoms with Gasteiger partial charge >= 0.3 is 0 Å². The van der Waals surface area contributed by atoms with Gasteiger partial charge < -0.3 is 15.1 Å². The molecule has 0 fully saturated rings. The molecule has 2 rings (SSSR count). The predicted molar refractivity (Wildman–Crippen MR) is 84.1 cm³/mol. The molecular formula is C17H22N2O2. The van der Waals surface area contributed by atoms with Crippen molar-refractivity contribution >= 4 is 11.6 Å². The minimum atomic E-state index is 0.000341. The highest BCUT2D eigenvalue weighted by molar-refractivity contribution is 5.90. The van der Waals surface area contributed by atoms with Gasteiger partial charge in [0.2, 0.25) is 5.91 Å². The maximum atomic E-state index is 11.9.